The second-order valence-electron chi connectivity index (χ2n) is 3.44. The van der Waals surface area contributed by atoms with Gasteiger partial charge >= 0.3 is 5.97 Å². The molecule has 1 saturated heterocycles. The molecule has 0 aromatic rings. The van der Waals surface area contributed by atoms with Gasteiger partial charge in [-0.2, -0.15) is 0 Å². The lowest BCUT2D eigenvalue weighted by atomic mass is 10.0. The van der Waals surface area contributed by atoms with E-state index in [9.17, 15) is 4.79 Å². The number of carbonyl (C=O) groups is 1. The zero-order valence-corrected chi connectivity index (χ0v) is 6.67. The van der Waals surface area contributed by atoms with Crippen LogP contribution in [0.5, 0.6) is 0 Å². The Balaban J connectivity index is 2.02. The highest BCUT2D eigenvalue weighted by Gasteiger charge is 2.43. The summed E-state index contributed by atoms with van der Waals surface area (Å²) in [6, 6.07) is 0.586. The molecule has 62 valence electrons. The highest BCUT2D eigenvalue weighted by atomic mass is 16.5. The molecule has 1 aliphatic heterocycles. The first-order valence-corrected chi connectivity index (χ1v) is 4.15. The summed E-state index contributed by atoms with van der Waals surface area (Å²) in [6.07, 6.45) is 3.59. The second kappa shape index (κ2) is 2.48. The summed E-state index contributed by atoms with van der Waals surface area (Å²) in [4.78, 5) is 11.1. The normalized spacial score (nSPS) is 41.0. The minimum Gasteiger partial charge on any atom is -0.468 e. The molecule has 0 spiro atoms. The van der Waals surface area contributed by atoms with Gasteiger partial charge in [-0.05, 0) is 25.2 Å². The van der Waals surface area contributed by atoms with Crippen LogP contribution in [0.3, 0.4) is 0 Å². The van der Waals surface area contributed by atoms with E-state index in [4.69, 9.17) is 0 Å². The number of rotatable bonds is 1. The smallest absolute Gasteiger partial charge is 0.323 e. The summed E-state index contributed by atoms with van der Waals surface area (Å²) in [6.45, 7) is 0. The topological polar surface area (TPSA) is 38.3 Å². The molecule has 2 rings (SSSR count). The molecule has 11 heavy (non-hydrogen) atoms. The number of esters is 1. The van der Waals surface area contributed by atoms with Crippen molar-refractivity contribution < 1.29 is 9.53 Å². The van der Waals surface area contributed by atoms with Crippen molar-refractivity contribution in [3.63, 3.8) is 0 Å². The van der Waals surface area contributed by atoms with Crippen molar-refractivity contribution in [3.8, 4) is 0 Å². The van der Waals surface area contributed by atoms with Gasteiger partial charge in [0.05, 0.1) is 7.11 Å². The predicted molar refractivity (Wildman–Crippen MR) is 40.1 cm³/mol. The summed E-state index contributed by atoms with van der Waals surface area (Å²) in [5, 5.41) is 3.27. The first kappa shape index (κ1) is 7.10. The Kier molecular flexibility index (Phi) is 1.60. The molecule has 0 aromatic carbocycles. The maximum absolute atomic E-state index is 11.1. The fourth-order valence-corrected chi connectivity index (χ4v) is 2.25. The number of hydrogen-bond donors (Lipinski definition) is 1. The molecule has 2 aliphatic rings. The molecular formula is C8H13NO2. The van der Waals surface area contributed by atoms with E-state index in [1.54, 1.807) is 0 Å². The Morgan fingerprint density at radius 3 is 2.82 bits per heavy atom. The minimum absolute atomic E-state index is 0.00116. The first-order chi connectivity index (χ1) is 5.31. The van der Waals surface area contributed by atoms with E-state index in [2.05, 4.69) is 10.1 Å². The van der Waals surface area contributed by atoms with Gasteiger partial charge in [0, 0.05) is 6.04 Å². The van der Waals surface area contributed by atoms with Crippen LogP contribution in [0.1, 0.15) is 19.3 Å². The molecule has 1 heterocycles. The summed E-state index contributed by atoms with van der Waals surface area (Å²) < 4.78 is 4.69. The van der Waals surface area contributed by atoms with Gasteiger partial charge in [-0.15, -0.1) is 0 Å². The van der Waals surface area contributed by atoms with Gasteiger partial charge in [-0.3, -0.25) is 4.79 Å². The fourth-order valence-electron chi connectivity index (χ4n) is 2.25. The van der Waals surface area contributed by atoms with Crippen LogP contribution in [0.4, 0.5) is 0 Å². The Hall–Kier alpha value is -0.570. The molecule has 1 saturated carbocycles. The van der Waals surface area contributed by atoms with Gasteiger partial charge in [0.15, 0.2) is 0 Å². The lowest BCUT2D eigenvalue weighted by Gasteiger charge is -2.20. The minimum atomic E-state index is -0.0859. The van der Waals surface area contributed by atoms with Crippen molar-refractivity contribution in [2.75, 3.05) is 7.11 Å². The maximum atomic E-state index is 11.1. The SMILES string of the molecule is COC(=O)[C@H]1N[C@H]2CC[C@H]1C2. The van der Waals surface area contributed by atoms with Crippen LogP contribution in [0.25, 0.3) is 0 Å². The molecule has 0 radical (unpaired) electrons. The van der Waals surface area contributed by atoms with Crippen LogP contribution in [-0.4, -0.2) is 25.2 Å². The van der Waals surface area contributed by atoms with Crippen LogP contribution >= 0.6 is 0 Å². The quantitative estimate of drug-likeness (QED) is 0.553. The van der Waals surface area contributed by atoms with E-state index in [0.717, 1.165) is 0 Å². The van der Waals surface area contributed by atoms with E-state index in [1.807, 2.05) is 0 Å². The average Bonchev–Trinajstić information content (AvgIpc) is 2.62. The number of ether oxygens (including phenoxy) is 1. The number of hydrogen-bond acceptors (Lipinski definition) is 3. The third-order valence-electron chi connectivity index (χ3n) is 2.81. The number of carbonyl (C=O) groups excluding carboxylic acids is 1. The van der Waals surface area contributed by atoms with Crippen molar-refractivity contribution in [3.05, 3.63) is 0 Å². The Labute approximate surface area is 66.1 Å². The number of fused-ring (bicyclic) bond motifs is 2. The molecule has 2 fully saturated rings. The van der Waals surface area contributed by atoms with Crippen molar-refractivity contribution in [1.82, 2.24) is 5.32 Å². The van der Waals surface area contributed by atoms with E-state index in [1.165, 1.54) is 26.4 Å². The zero-order valence-electron chi connectivity index (χ0n) is 6.67. The molecule has 0 amide bonds. The lowest BCUT2D eigenvalue weighted by Crippen LogP contribution is -2.42. The molecule has 3 heteroatoms. The van der Waals surface area contributed by atoms with Crippen molar-refractivity contribution in [1.29, 1.82) is 0 Å². The van der Waals surface area contributed by atoms with Crippen molar-refractivity contribution in [2.45, 2.75) is 31.3 Å². The van der Waals surface area contributed by atoms with E-state index in [0.29, 0.717) is 12.0 Å². The largest absolute Gasteiger partial charge is 0.468 e. The monoisotopic (exact) mass is 155 g/mol. The number of nitrogens with one attached hydrogen (secondary N) is 1. The summed E-state index contributed by atoms with van der Waals surface area (Å²) >= 11 is 0. The lowest BCUT2D eigenvalue weighted by molar-refractivity contribution is -0.144. The molecule has 2 bridgehead atoms. The second-order valence-corrected chi connectivity index (χ2v) is 3.44. The molecule has 3 atom stereocenters. The van der Waals surface area contributed by atoms with Gasteiger partial charge < -0.3 is 10.1 Å². The highest BCUT2D eigenvalue weighted by molar-refractivity contribution is 5.76. The first-order valence-electron chi connectivity index (χ1n) is 4.15. The summed E-state index contributed by atoms with van der Waals surface area (Å²) in [5.41, 5.74) is 0. The van der Waals surface area contributed by atoms with Gasteiger partial charge in [-0.1, -0.05) is 0 Å². The van der Waals surface area contributed by atoms with Gasteiger partial charge in [-0.25, -0.2) is 0 Å². The zero-order chi connectivity index (χ0) is 7.84. The van der Waals surface area contributed by atoms with Crippen LogP contribution in [0, 0.1) is 5.92 Å². The number of piperidine rings is 1. The van der Waals surface area contributed by atoms with Crippen LogP contribution in [0.2, 0.25) is 0 Å². The molecule has 3 nitrogen and oxygen atoms in total. The Bertz CT molecular complexity index is 181. The molecular weight excluding hydrogens is 142 g/mol. The van der Waals surface area contributed by atoms with Gasteiger partial charge in [0.25, 0.3) is 0 Å². The predicted octanol–water partition coefficient (Wildman–Crippen LogP) is 0.300. The van der Waals surface area contributed by atoms with Crippen molar-refractivity contribution in [2.24, 2.45) is 5.92 Å². The van der Waals surface area contributed by atoms with Crippen molar-refractivity contribution >= 4 is 5.97 Å². The standard InChI is InChI=1S/C8H13NO2/c1-11-8(10)7-5-2-3-6(4-5)9-7/h5-7,9H,2-4H2,1H3/t5-,6-,7-/m0/s1. The third kappa shape index (κ3) is 1.03. The van der Waals surface area contributed by atoms with Gasteiger partial charge in [0.2, 0.25) is 0 Å². The molecule has 1 aliphatic carbocycles. The third-order valence-corrected chi connectivity index (χ3v) is 2.81. The molecule has 0 aromatic heterocycles. The van der Waals surface area contributed by atoms with Crippen LogP contribution in [0.15, 0.2) is 0 Å². The fraction of sp³-hybridized carbons (Fsp3) is 0.875. The Morgan fingerprint density at radius 1 is 1.55 bits per heavy atom. The maximum Gasteiger partial charge on any atom is 0.323 e. The summed E-state index contributed by atoms with van der Waals surface area (Å²) in [5.74, 6) is 0.463. The van der Waals surface area contributed by atoms with E-state index >= 15 is 0 Å². The summed E-state index contributed by atoms with van der Waals surface area (Å²) in [7, 11) is 1.45. The number of methoxy groups -OCH3 is 1. The van der Waals surface area contributed by atoms with Crippen LogP contribution in [-0.2, 0) is 9.53 Å². The van der Waals surface area contributed by atoms with Crippen LogP contribution < -0.4 is 5.32 Å². The molecule has 0 unspecified atom stereocenters. The van der Waals surface area contributed by atoms with Gasteiger partial charge in [0.1, 0.15) is 6.04 Å². The average molecular weight is 155 g/mol. The van der Waals surface area contributed by atoms with E-state index in [-0.39, 0.29) is 12.0 Å². The highest BCUT2D eigenvalue weighted by Crippen LogP contribution is 2.35. The Morgan fingerprint density at radius 2 is 2.36 bits per heavy atom. The van der Waals surface area contributed by atoms with E-state index < -0.39 is 0 Å². The molecule has 1 N–H and O–H groups in total.